The summed E-state index contributed by atoms with van der Waals surface area (Å²) in [6.45, 7) is 0.370. The first-order valence-corrected chi connectivity index (χ1v) is 10.4. The third-order valence-electron chi connectivity index (χ3n) is 4.79. The van der Waals surface area contributed by atoms with Crippen molar-refractivity contribution in [3.8, 4) is 16.9 Å². The molecule has 4 aromatic rings. The molecule has 3 aromatic carbocycles. The lowest BCUT2D eigenvalue weighted by atomic mass is 10.1. The van der Waals surface area contributed by atoms with Crippen LogP contribution in [0.2, 0.25) is 10.0 Å². The minimum atomic E-state index is -0.399. The maximum Gasteiger partial charge on any atom is 0.270 e. The molecular weight excluding hydrogens is 436 g/mol. The van der Waals surface area contributed by atoms with E-state index >= 15 is 0 Å². The average Bonchev–Trinajstić information content (AvgIpc) is 3.21. The van der Waals surface area contributed by atoms with E-state index < -0.39 is 5.82 Å². The molecule has 4 nitrogen and oxygen atoms in total. The number of nitrogens with one attached hydrogen (secondary N) is 1. The number of hydrogen-bond donors (Lipinski definition) is 1. The second-order valence-corrected chi connectivity index (χ2v) is 7.73. The molecule has 0 saturated carbocycles. The van der Waals surface area contributed by atoms with Crippen molar-refractivity contribution in [3.63, 3.8) is 0 Å². The molecule has 0 unspecified atom stereocenters. The molecule has 0 fully saturated rings. The number of carbonyl (C=O) groups is 1. The first-order valence-electron chi connectivity index (χ1n) is 9.65. The monoisotopic (exact) mass is 453 g/mol. The fourth-order valence-electron chi connectivity index (χ4n) is 3.24. The fourth-order valence-corrected chi connectivity index (χ4v) is 3.74. The molecule has 1 heterocycles. The Hall–Kier alpha value is -3.15. The van der Waals surface area contributed by atoms with Gasteiger partial charge in [0.25, 0.3) is 5.91 Å². The Morgan fingerprint density at radius 3 is 2.45 bits per heavy atom. The minimum absolute atomic E-state index is 0.312. The molecule has 1 N–H and O–H groups in total. The lowest BCUT2D eigenvalue weighted by Gasteiger charge is -2.09. The molecule has 1 amide bonds. The summed E-state index contributed by atoms with van der Waals surface area (Å²) in [5.41, 5.74) is 2.62. The number of carbonyl (C=O) groups excluding carboxylic acids is 1. The zero-order chi connectivity index (χ0) is 21.8. The molecule has 0 spiro atoms. The number of hydrogen-bond acceptors (Lipinski definition) is 2. The molecule has 156 valence electrons. The van der Waals surface area contributed by atoms with Gasteiger partial charge < -0.3 is 5.32 Å². The number of nitrogens with zero attached hydrogens (tertiary/aromatic N) is 2. The summed E-state index contributed by atoms with van der Waals surface area (Å²) in [4.78, 5) is 13.0. The van der Waals surface area contributed by atoms with E-state index in [2.05, 4.69) is 10.4 Å². The van der Waals surface area contributed by atoms with Gasteiger partial charge >= 0.3 is 0 Å². The fraction of sp³-hybridized carbons (Fsp3) is 0.0833. The smallest absolute Gasteiger partial charge is 0.270 e. The van der Waals surface area contributed by atoms with E-state index in [1.807, 2.05) is 36.4 Å². The molecule has 0 saturated heterocycles. The van der Waals surface area contributed by atoms with Gasteiger partial charge in [0.2, 0.25) is 0 Å². The highest BCUT2D eigenvalue weighted by Crippen LogP contribution is 2.24. The van der Waals surface area contributed by atoms with Gasteiger partial charge in [0.1, 0.15) is 11.5 Å². The lowest BCUT2D eigenvalue weighted by Crippen LogP contribution is -2.27. The van der Waals surface area contributed by atoms with Crippen LogP contribution in [0.15, 0.2) is 78.9 Å². The molecule has 0 radical (unpaired) electrons. The van der Waals surface area contributed by atoms with Crippen molar-refractivity contribution in [2.24, 2.45) is 0 Å². The second kappa shape index (κ2) is 9.33. The van der Waals surface area contributed by atoms with Crippen LogP contribution in [0.1, 0.15) is 16.1 Å². The molecule has 0 bridgehead atoms. The van der Waals surface area contributed by atoms with Crippen molar-refractivity contribution in [2.75, 3.05) is 6.54 Å². The molecule has 31 heavy (non-hydrogen) atoms. The van der Waals surface area contributed by atoms with Crippen LogP contribution in [0.3, 0.4) is 0 Å². The summed E-state index contributed by atoms with van der Waals surface area (Å²) in [5.74, 6) is -0.714. The minimum Gasteiger partial charge on any atom is -0.350 e. The lowest BCUT2D eigenvalue weighted by molar-refractivity contribution is 0.0946. The van der Waals surface area contributed by atoms with E-state index in [1.165, 1.54) is 10.7 Å². The van der Waals surface area contributed by atoms with Gasteiger partial charge in [0.05, 0.1) is 11.4 Å². The number of benzene rings is 3. The molecule has 0 aliphatic heterocycles. The summed E-state index contributed by atoms with van der Waals surface area (Å²) >= 11 is 12.1. The van der Waals surface area contributed by atoms with E-state index in [9.17, 15) is 9.18 Å². The van der Waals surface area contributed by atoms with Crippen LogP contribution in [0, 0.1) is 5.82 Å². The quantitative estimate of drug-likeness (QED) is 0.391. The summed E-state index contributed by atoms with van der Waals surface area (Å²) in [7, 11) is 0. The highest BCUT2D eigenvalue weighted by Gasteiger charge is 2.19. The van der Waals surface area contributed by atoms with Gasteiger partial charge in [-0.2, -0.15) is 5.10 Å². The molecule has 0 atom stereocenters. The van der Waals surface area contributed by atoms with Crippen molar-refractivity contribution in [1.29, 1.82) is 0 Å². The van der Waals surface area contributed by atoms with Gasteiger partial charge in [-0.1, -0.05) is 59.6 Å². The first-order chi connectivity index (χ1) is 15.0. The molecule has 1 aromatic heterocycles. The molecule has 0 aliphatic carbocycles. The Morgan fingerprint density at radius 1 is 0.968 bits per heavy atom. The standard InChI is InChI=1S/C24H18Cl2FN3O/c25-17-11-10-16(20(26)14-17)12-13-28-24(31)23-15-22(19-8-4-5-9-21(19)27)29-30(23)18-6-2-1-3-7-18/h1-11,14-15H,12-13H2,(H,28,31). The average molecular weight is 454 g/mol. The second-order valence-electron chi connectivity index (χ2n) is 6.88. The zero-order valence-corrected chi connectivity index (χ0v) is 17.9. The third-order valence-corrected chi connectivity index (χ3v) is 5.37. The van der Waals surface area contributed by atoms with Crippen molar-refractivity contribution in [1.82, 2.24) is 15.1 Å². The Bertz CT molecular complexity index is 1220. The van der Waals surface area contributed by atoms with Gasteiger partial charge in [0, 0.05) is 22.2 Å². The van der Waals surface area contributed by atoms with Gasteiger partial charge in [-0.05, 0) is 54.4 Å². The number of aromatic nitrogens is 2. The summed E-state index contributed by atoms with van der Waals surface area (Å²) in [6, 6.07) is 22.5. The van der Waals surface area contributed by atoms with E-state index in [0.29, 0.717) is 45.6 Å². The SMILES string of the molecule is O=C(NCCc1ccc(Cl)cc1Cl)c1cc(-c2ccccc2F)nn1-c1ccccc1. The van der Waals surface area contributed by atoms with E-state index in [0.717, 1.165) is 5.56 Å². The highest BCUT2D eigenvalue weighted by atomic mass is 35.5. The largest absolute Gasteiger partial charge is 0.350 e. The van der Waals surface area contributed by atoms with E-state index in [-0.39, 0.29) is 5.91 Å². The highest BCUT2D eigenvalue weighted by molar-refractivity contribution is 6.35. The topological polar surface area (TPSA) is 46.9 Å². The molecule has 0 aliphatic rings. The Labute approximate surface area is 189 Å². The van der Waals surface area contributed by atoms with Crippen molar-refractivity contribution in [2.45, 2.75) is 6.42 Å². The van der Waals surface area contributed by atoms with Gasteiger partial charge in [-0.25, -0.2) is 9.07 Å². The van der Waals surface area contributed by atoms with Crippen molar-refractivity contribution < 1.29 is 9.18 Å². The van der Waals surface area contributed by atoms with Gasteiger partial charge in [-0.3, -0.25) is 4.79 Å². The Balaban J connectivity index is 1.60. The van der Waals surface area contributed by atoms with Gasteiger partial charge in [0.15, 0.2) is 0 Å². The van der Waals surface area contributed by atoms with Gasteiger partial charge in [-0.15, -0.1) is 0 Å². The number of rotatable bonds is 6. The predicted octanol–water partition coefficient (Wildman–Crippen LogP) is 5.96. The predicted molar refractivity (Wildman–Crippen MR) is 121 cm³/mol. The van der Waals surface area contributed by atoms with Crippen LogP contribution in [0.5, 0.6) is 0 Å². The van der Waals surface area contributed by atoms with Crippen molar-refractivity contribution in [3.05, 3.63) is 106 Å². The Morgan fingerprint density at radius 2 is 1.71 bits per heavy atom. The maximum atomic E-state index is 14.3. The number of halogens is 3. The van der Waals surface area contributed by atoms with Crippen LogP contribution in [-0.2, 0) is 6.42 Å². The Kier molecular flexibility index (Phi) is 6.35. The maximum absolute atomic E-state index is 14.3. The van der Waals surface area contributed by atoms with Crippen LogP contribution in [0.4, 0.5) is 4.39 Å². The first kappa shape index (κ1) is 21.1. The number of para-hydroxylation sites is 1. The molecular formula is C24H18Cl2FN3O. The summed E-state index contributed by atoms with van der Waals surface area (Å²) < 4.78 is 15.8. The van der Waals surface area contributed by atoms with Crippen LogP contribution in [0.25, 0.3) is 16.9 Å². The van der Waals surface area contributed by atoms with Crippen molar-refractivity contribution >= 4 is 29.1 Å². The molecule has 4 rings (SSSR count). The zero-order valence-electron chi connectivity index (χ0n) is 16.4. The third kappa shape index (κ3) is 4.79. The normalized spacial score (nSPS) is 10.8. The summed E-state index contributed by atoms with van der Waals surface area (Å²) in [6.07, 6.45) is 0.543. The number of amides is 1. The van der Waals surface area contributed by atoms with Crippen LogP contribution in [-0.4, -0.2) is 22.2 Å². The van der Waals surface area contributed by atoms with Crippen LogP contribution < -0.4 is 5.32 Å². The van der Waals surface area contributed by atoms with E-state index in [4.69, 9.17) is 23.2 Å². The van der Waals surface area contributed by atoms with Crippen LogP contribution >= 0.6 is 23.2 Å². The van der Waals surface area contributed by atoms with E-state index in [1.54, 1.807) is 36.4 Å². The molecule has 7 heteroatoms. The summed E-state index contributed by atoms with van der Waals surface area (Å²) in [5, 5.41) is 8.51.